The predicted octanol–water partition coefficient (Wildman–Crippen LogP) is 2.35. The van der Waals surface area contributed by atoms with Gasteiger partial charge in [0.15, 0.2) is 11.6 Å². The number of nitrogens with one attached hydrogen (secondary N) is 2. The van der Waals surface area contributed by atoms with E-state index in [9.17, 15) is 18.0 Å². The number of hydrogen-bond donors (Lipinski definition) is 2. The third-order valence-electron chi connectivity index (χ3n) is 2.77. The van der Waals surface area contributed by atoms with E-state index in [4.69, 9.17) is 0 Å². The summed E-state index contributed by atoms with van der Waals surface area (Å²) in [6, 6.07) is 0.730. The summed E-state index contributed by atoms with van der Waals surface area (Å²) < 4.78 is 39.2. The lowest BCUT2D eigenvalue weighted by Gasteiger charge is -2.15. The third kappa shape index (κ3) is 4.85. The molecule has 0 aromatic heterocycles. The molecule has 0 spiro atoms. The summed E-state index contributed by atoms with van der Waals surface area (Å²) in [6.07, 6.45) is 0. The molecule has 1 aromatic carbocycles. The van der Waals surface area contributed by atoms with Crippen LogP contribution in [0.15, 0.2) is 12.1 Å². The van der Waals surface area contributed by atoms with Crippen LogP contribution in [0.25, 0.3) is 0 Å². The number of carbonyl (C=O) groups excluding carboxylic acids is 1. The number of benzene rings is 1. The van der Waals surface area contributed by atoms with Crippen LogP contribution in [0.2, 0.25) is 0 Å². The maximum absolute atomic E-state index is 13.4. The van der Waals surface area contributed by atoms with Crippen LogP contribution in [0, 0.1) is 23.4 Å². The van der Waals surface area contributed by atoms with Crippen LogP contribution in [0.5, 0.6) is 0 Å². The molecule has 0 aliphatic rings. The summed E-state index contributed by atoms with van der Waals surface area (Å²) in [6.45, 7) is 6.04. The normalized spacial score (nSPS) is 12.6. The van der Waals surface area contributed by atoms with E-state index in [2.05, 4.69) is 10.6 Å². The highest BCUT2D eigenvalue weighted by Gasteiger charge is 2.14. The highest BCUT2D eigenvalue weighted by atomic mass is 19.2. The van der Waals surface area contributed by atoms with Crippen LogP contribution in [0.3, 0.4) is 0 Å². The van der Waals surface area contributed by atoms with Gasteiger partial charge in [0.1, 0.15) is 5.82 Å². The van der Waals surface area contributed by atoms with Crippen molar-refractivity contribution in [2.24, 2.45) is 5.92 Å². The van der Waals surface area contributed by atoms with Crippen LogP contribution in [-0.4, -0.2) is 18.5 Å². The Hall–Kier alpha value is -1.56. The largest absolute Gasteiger partial charge is 0.354 e. The molecular weight excluding hydrogens is 269 g/mol. The van der Waals surface area contributed by atoms with E-state index in [1.54, 1.807) is 6.92 Å². The van der Waals surface area contributed by atoms with Crippen LogP contribution in [0.4, 0.5) is 13.2 Å². The van der Waals surface area contributed by atoms with Crippen molar-refractivity contribution in [3.63, 3.8) is 0 Å². The van der Waals surface area contributed by atoms with E-state index in [-0.39, 0.29) is 18.0 Å². The SMILES string of the molecule is CC(C)CNC(=O)C(C)NCc1cc(F)c(F)cc1F. The Morgan fingerprint density at radius 1 is 1.10 bits per heavy atom. The Morgan fingerprint density at radius 2 is 1.70 bits per heavy atom. The molecule has 0 saturated carbocycles. The number of carbonyl (C=O) groups is 1. The Kier molecular flexibility index (Phi) is 6.01. The Bertz CT molecular complexity index is 478. The van der Waals surface area contributed by atoms with Gasteiger partial charge < -0.3 is 10.6 Å². The first kappa shape index (κ1) is 16.5. The number of amides is 1. The van der Waals surface area contributed by atoms with E-state index in [0.717, 1.165) is 6.07 Å². The zero-order chi connectivity index (χ0) is 15.3. The van der Waals surface area contributed by atoms with Gasteiger partial charge in [0.2, 0.25) is 5.91 Å². The van der Waals surface area contributed by atoms with Crippen molar-refractivity contribution in [3.8, 4) is 0 Å². The van der Waals surface area contributed by atoms with Crippen molar-refractivity contribution < 1.29 is 18.0 Å². The molecule has 1 rings (SSSR count). The van der Waals surface area contributed by atoms with Gasteiger partial charge in [0, 0.05) is 24.7 Å². The maximum Gasteiger partial charge on any atom is 0.236 e. The monoisotopic (exact) mass is 288 g/mol. The highest BCUT2D eigenvalue weighted by molar-refractivity contribution is 5.81. The molecule has 0 heterocycles. The van der Waals surface area contributed by atoms with E-state index in [1.165, 1.54) is 0 Å². The van der Waals surface area contributed by atoms with Crippen molar-refractivity contribution in [3.05, 3.63) is 35.1 Å². The van der Waals surface area contributed by atoms with Gasteiger partial charge in [-0.05, 0) is 18.9 Å². The van der Waals surface area contributed by atoms with Gasteiger partial charge in [-0.3, -0.25) is 4.79 Å². The average Bonchev–Trinajstić information content (AvgIpc) is 2.38. The summed E-state index contributed by atoms with van der Waals surface area (Å²) in [5, 5.41) is 5.49. The Labute approximate surface area is 116 Å². The van der Waals surface area contributed by atoms with Crippen molar-refractivity contribution >= 4 is 5.91 Å². The minimum Gasteiger partial charge on any atom is -0.354 e. The van der Waals surface area contributed by atoms with Crippen molar-refractivity contribution in [2.75, 3.05) is 6.54 Å². The zero-order valence-electron chi connectivity index (χ0n) is 11.8. The van der Waals surface area contributed by atoms with Crippen molar-refractivity contribution in [2.45, 2.75) is 33.4 Å². The molecule has 6 heteroatoms. The molecule has 0 bridgehead atoms. The van der Waals surface area contributed by atoms with Crippen LogP contribution >= 0.6 is 0 Å². The molecule has 1 aromatic rings. The fourth-order valence-electron chi connectivity index (χ4n) is 1.51. The minimum atomic E-state index is -1.23. The molecule has 20 heavy (non-hydrogen) atoms. The summed E-state index contributed by atoms with van der Waals surface area (Å²) in [7, 11) is 0. The number of rotatable bonds is 6. The van der Waals surface area contributed by atoms with Gasteiger partial charge in [0.05, 0.1) is 6.04 Å². The first-order valence-electron chi connectivity index (χ1n) is 6.45. The fraction of sp³-hybridized carbons (Fsp3) is 0.500. The molecule has 112 valence electrons. The molecule has 1 amide bonds. The summed E-state index contributed by atoms with van der Waals surface area (Å²) >= 11 is 0. The second-order valence-electron chi connectivity index (χ2n) is 5.10. The predicted molar refractivity (Wildman–Crippen MR) is 70.5 cm³/mol. The molecule has 0 radical (unpaired) electrons. The van der Waals surface area contributed by atoms with E-state index < -0.39 is 23.5 Å². The molecule has 0 aliphatic heterocycles. The lowest BCUT2D eigenvalue weighted by Crippen LogP contribution is -2.43. The van der Waals surface area contributed by atoms with Gasteiger partial charge in [-0.2, -0.15) is 0 Å². The van der Waals surface area contributed by atoms with Crippen molar-refractivity contribution in [1.29, 1.82) is 0 Å². The summed E-state index contributed by atoms with van der Waals surface area (Å²) in [5.41, 5.74) is -0.0209. The lowest BCUT2D eigenvalue weighted by molar-refractivity contribution is -0.122. The van der Waals surface area contributed by atoms with E-state index in [0.29, 0.717) is 18.5 Å². The van der Waals surface area contributed by atoms with Crippen LogP contribution in [0.1, 0.15) is 26.3 Å². The van der Waals surface area contributed by atoms with Gasteiger partial charge in [-0.15, -0.1) is 0 Å². The molecular formula is C14H19F3N2O. The van der Waals surface area contributed by atoms with Crippen molar-refractivity contribution in [1.82, 2.24) is 10.6 Å². The summed E-state index contributed by atoms with van der Waals surface area (Å²) in [5.74, 6) is -3.07. The average molecular weight is 288 g/mol. The standard InChI is InChI=1S/C14H19F3N2O/c1-8(2)6-19-14(20)9(3)18-7-10-4-12(16)13(17)5-11(10)15/h4-5,8-9,18H,6-7H2,1-3H3,(H,19,20). The van der Waals surface area contributed by atoms with Crippen LogP contribution in [-0.2, 0) is 11.3 Å². The number of halogens is 3. The van der Waals surface area contributed by atoms with Gasteiger partial charge in [-0.25, -0.2) is 13.2 Å². The number of hydrogen-bond acceptors (Lipinski definition) is 2. The van der Waals surface area contributed by atoms with Gasteiger partial charge in [-0.1, -0.05) is 13.8 Å². The maximum atomic E-state index is 13.4. The third-order valence-corrected chi connectivity index (χ3v) is 2.77. The van der Waals surface area contributed by atoms with E-state index in [1.807, 2.05) is 13.8 Å². The zero-order valence-corrected chi connectivity index (χ0v) is 11.8. The quantitative estimate of drug-likeness (QED) is 0.789. The molecule has 0 aliphatic carbocycles. The van der Waals surface area contributed by atoms with Gasteiger partial charge >= 0.3 is 0 Å². The van der Waals surface area contributed by atoms with Crippen LogP contribution < -0.4 is 10.6 Å². The Morgan fingerprint density at radius 3 is 2.30 bits per heavy atom. The second-order valence-corrected chi connectivity index (χ2v) is 5.10. The molecule has 1 unspecified atom stereocenters. The minimum absolute atomic E-state index is 0.0209. The van der Waals surface area contributed by atoms with E-state index >= 15 is 0 Å². The highest BCUT2D eigenvalue weighted by Crippen LogP contribution is 2.13. The van der Waals surface area contributed by atoms with Gasteiger partial charge in [0.25, 0.3) is 0 Å². The molecule has 2 N–H and O–H groups in total. The topological polar surface area (TPSA) is 41.1 Å². The molecule has 0 fully saturated rings. The lowest BCUT2D eigenvalue weighted by atomic mass is 10.1. The smallest absolute Gasteiger partial charge is 0.236 e. The first-order chi connectivity index (χ1) is 9.31. The second kappa shape index (κ2) is 7.28. The first-order valence-corrected chi connectivity index (χ1v) is 6.45. The molecule has 1 atom stereocenters. The fourth-order valence-corrected chi connectivity index (χ4v) is 1.51. The summed E-state index contributed by atoms with van der Waals surface area (Å²) in [4.78, 5) is 11.7. The molecule has 3 nitrogen and oxygen atoms in total. The molecule has 0 saturated heterocycles. The Balaban J connectivity index is 2.54.